The van der Waals surface area contributed by atoms with Crippen LogP contribution in [0.25, 0.3) is 0 Å². The van der Waals surface area contributed by atoms with Crippen molar-refractivity contribution in [3.8, 4) is 0 Å². The van der Waals surface area contributed by atoms with Gasteiger partial charge in [0.2, 0.25) is 0 Å². The van der Waals surface area contributed by atoms with Crippen molar-refractivity contribution < 1.29 is 9.53 Å². The fourth-order valence-corrected chi connectivity index (χ4v) is 6.67. The maximum absolute atomic E-state index is 12.3. The highest BCUT2D eigenvalue weighted by atomic mass is 32.2. The van der Waals surface area contributed by atoms with Gasteiger partial charge in [-0.25, -0.2) is 0 Å². The van der Waals surface area contributed by atoms with Crippen LogP contribution in [-0.4, -0.2) is 23.6 Å². The predicted octanol–water partition coefficient (Wildman–Crippen LogP) is 5.71. The van der Waals surface area contributed by atoms with E-state index in [1.54, 1.807) is 58.8 Å². The van der Waals surface area contributed by atoms with E-state index in [-0.39, 0.29) is 11.9 Å². The molecule has 1 atom stereocenters. The Morgan fingerprint density at radius 1 is 1.29 bits per heavy atom. The van der Waals surface area contributed by atoms with Gasteiger partial charge >= 0.3 is 5.97 Å². The summed E-state index contributed by atoms with van der Waals surface area (Å²) in [7, 11) is 0. The topological polar surface area (TPSA) is 26.3 Å². The molecule has 116 valence electrons. The molecule has 0 aromatic carbocycles. The Morgan fingerprint density at radius 3 is 2.52 bits per heavy atom. The maximum atomic E-state index is 12.3. The molecule has 1 unspecified atom stereocenters. The lowest BCUT2D eigenvalue weighted by atomic mass is 9.97. The Labute approximate surface area is 147 Å². The highest BCUT2D eigenvalue weighted by molar-refractivity contribution is 8.33. The van der Waals surface area contributed by atoms with Crippen LogP contribution >= 0.6 is 58.8 Å². The van der Waals surface area contributed by atoms with Crippen molar-refractivity contribution in [3.05, 3.63) is 29.6 Å². The quantitative estimate of drug-likeness (QED) is 0.566. The number of hydrogen-bond acceptors (Lipinski definition) is 7. The third kappa shape index (κ3) is 4.25. The van der Waals surface area contributed by atoms with Crippen LogP contribution in [0.2, 0.25) is 0 Å². The van der Waals surface area contributed by atoms with Gasteiger partial charge in [0.25, 0.3) is 0 Å². The molecule has 0 aromatic heterocycles. The Hall–Kier alpha value is 0.440. The Kier molecular flexibility index (Phi) is 6.62. The van der Waals surface area contributed by atoms with Gasteiger partial charge in [-0.05, 0) is 35.3 Å². The summed E-state index contributed by atoms with van der Waals surface area (Å²) in [6.45, 7) is 6.45. The number of thioether (sulfide) groups is 5. The van der Waals surface area contributed by atoms with Gasteiger partial charge < -0.3 is 4.74 Å². The molecule has 0 saturated heterocycles. The minimum atomic E-state index is -0.473. The molecule has 2 heterocycles. The zero-order valence-corrected chi connectivity index (χ0v) is 16.5. The zero-order valence-electron chi connectivity index (χ0n) is 12.4. The van der Waals surface area contributed by atoms with Crippen molar-refractivity contribution in [2.75, 3.05) is 12.9 Å². The second-order valence-electron chi connectivity index (χ2n) is 4.93. The highest BCUT2D eigenvalue weighted by Crippen LogP contribution is 2.53. The second kappa shape index (κ2) is 7.81. The van der Waals surface area contributed by atoms with E-state index in [0.717, 1.165) is 4.91 Å². The van der Waals surface area contributed by atoms with Crippen molar-refractivity contribution in [3.63, 3.8) is 0 Å². The Balaban J connectivity index is 1.87. The molecule has 2 nitrogen and oxygen atoms in total. The van der Waals surface area contributed by atoms with Crippen molar-refractivity contribution in [2.24, 2.45) is 5.92 Å². The van der Waals surface area contributed by atoms with Gasteiger partial charge in [-0.2, -0.15) is 0 Å². The maximum Gasteiger partial charge on any atom is 0.322 e. The number of carbonyl (C=O) groups excluding carboxylic acids is 1. The van der Waals surface area contributed by atoms with Crippen LogP contribution < -0.4 is 0 Å². The van der Waals surface area contributed by atoms with Gasteiger partial charge in [0.1, 0.15) is 11.4 Å². The molecule has 0 radical (unpaired) electrons. The molecule has 0 amide bonds. The normalized spacial score (nSPS) is 20.9. The molecule has 0 bridgehead atoms. The summed E-state index contributed by atoms with van der Waals surface area (Å²) in [4.78, 5) is 13.4. The number of carbonyl (C=O) groups is 1. The van der Waals surface area contributed by atoms with E-state index in [2.05, 4.69) is 30.1 Å². The van der Waals surface area contributed by atoms with Crippen LogP contribution in [0.15, 0.2) is 29.6 Å². The van der Waals surface area contributed by atoms with Crippen molar-refractivity contribution in [1.82, 2.24) is 0 Å². The van der Waals surface area contributed by atoms with Crippen LogP contribution in [-0.2, 0) is 9.53 Å². The van der Waals surface area contributed by atoms with E-state index in [9.17, 15) is 4.79 Å². The summed E-state index contributed by atoms with van der Waals surface area (Å²) in [6.07, 6.45) is 1.96. The van der Waals surface area contributed by atoms with E-state index in [1.165, 1.54) is 8.47 Å². The fourth-order valence-electron chi connectivity index (χ4n) is 1.58. The number of ether oxygens (including phenoxy) is 1. The van der Waals surface area contributed by atoms with Crippen LogP contribution in [0.5, 0.6) is 0 Å². The lowest BCUT2D eigenvalue weighted by molar-refractivity contribution is -0.146. The molecule has 2 aliphatic rings. The molecule has 0 fully saturated rings. The van der Waals surface area contributed by atoms with E-state index >= 15 is 0 Å². The summed E-state index contributed by atoms with van der Waals surface area (Å²) < 4.78 is 7.67. The van der Waals surface area contributed by atoms with E-state index in [4.69, 9.17) is 4.74 Å². The van der Waals surface area contributed by atoms with Gasteiger partial charge in [-0.3, -0.25) is 4.79 Å². The molecule has 21 heavy (non-hydrogen) atoms. The largest absolute Gasteiger partial charge is 0.459 e. The molecule has 0 spiro atoms. The zero-order chi connectivity index (χ0) is 15.5. The van der Waals surface area contributed by atoms with Crippen molar-refractivity contribution in [1.29, 1.82) is 0 Å². The number of rotatable bonds is 5. The first-order chi connectivity index (χ1) is 9.97. The molecular formula is C14H18O2S5. The smallest absolute Gasteiger partial charge is 0.322 e. The first-order valence-corrected chi connectivity index (χ1v) is 11.1. The SMILES string of the molecule is CSC(C)(C(=O)OCC1=CSC(=C2SC=CS2)S1)C(C)C. The molecule has 7 heteroatoms. The molecule has 0 aliphatic carbocycles. The first kappa shape index (κ1) is 17.8. The summed E-state index contributed by atoms with van der Waals surface area (Å²) in [5.74, 6) is 0.124. The molecule has 0 aromatic rings. The van der Waals surface area contributed by atoms with E-state index in [0.29, 0.717) is 6.61 Å². The van der Waals surface area contributed by atoms with E-state index < -0.39 is 4.75 Å². The van der Waals surface area contributed by atoms with Gasteiger partial charge in [-0.1, -0.05) is 60.9 Å². The van der Waals surface area contributed by atoms with Crippen LogP contribution in [0.4, 0.5) is 0 Å². The average molecular weight is 379 g/mol. The Bertz CT molecular complexity index is 499. The molecular weight excluding hydrogens is 360 g/mol. The summed E-state index contributed by atoms with van der Waals surface area (Å²) in [5.41, 5.74) is 0. The average Bonchev–Trinajstić information content (AvgIpc) is 3.13. The fraction of sp³-hybridized carbons (Fsp3) is 0.500. The van der Waals surface area contributed by atoms with Gasteiger partial charge in [0.05, 0.1) is 8.47 Å². The standard InChI is InChI=1S/C14H18O2S5/c1-9(2)14(3,17-4)13(15)16-7-10-8-20-12(21-10)11-18-5-6-19-11/h5-6,8-9H,7H2,1-4H3. The van der Waals surface area contributed by atoms with Crippen molar-refractivity contribution in [2.45, 2.75) is 25.5 Å². The highest BCUT2D eigenvalue weighted by Gasteiger charge is 2.37. The van der Waals surface area contributed by atoms with Crippen LogP contribution in [0.3, 0.4) is 0 Å². The van der Waals surface area contributed by atoms with Crippen molar-refractivity contribution >= 4 is 64.8 Å². The first-order valence-electron chi connectivity index (χ1n) is 6.46. The predicted molar refractivity (Wildman–Crippen MR) is 102 cm³/mol. The second-order valence-corrected chi connectivity index (χ2v) is 10.6. The van der Waals surface area contributed by atoms with Crippen LogP contribution in [0, 0.1) is 5.92 Å². The number of hydrogen-bond donors (Lipinski definition) is 0. The van der Waals surface area contributed by atoms with Gasteiger partial charge in [0, 0.05) is 4.91 Å². The van der Waals surface area contributed by atoms with Crippen LogP contribution in [0.1, 0.15) is 20.8 Å². The third-order valence-corrected chi connectivity index (χ3v) is 9.90. The minimum absolute atomic E-state index is 0.121. The molecule has 2 rings (SSSR count). The third-order valence-electron chi connectivity index (χ3n) is 3.37. The molecule has 0 N–H and O–H groups in total. The Morgan fingerprint density at radius 2 is 1.95 bits per heavy atom. The lowest BCUT2D eigenvalue weighted by Crippen LogP contribution is -2.38. The summed E-state index contributed by atoms with van der Waals surface area (Å²) in [5, 5.41) is 6.28. The molecule has 0 saturated carbocycles. The summed E-state index contributed by atoms with van der Waals surface area (Å²) >= 11 is 8.51. The monoisotopic (exact) mass is 378 g/mol. The number of esters is 1. The lowest BCUT2D eigenvalue weighted by Gasteiger charge is -2.29. The molecule has 2 aliphatic heterocycles. The minimum Gasteiger partial charge on any atom is -0.459 e. The van der Waals surface area contributed by atoms with Gasteiger partial charge in [-0.15, -0.1) is 11.8 Å². The van der Waals surface area contributed by atoms with E-state index in [1.807, 2.05) is 13.2 Å². The summed E-state index contributed by atoms with van der Waals surface area (Å²) in [6, 6.07) is 0. The van der Waals surface area contributed by atoms with Gasteiger partial charge in [0.15, 0.2) is 0 Å².